The second-order valence-corrected chi connectivity index (χ2v) is 5.45. The normalized spacial score (nSPS) is 32.9. The lowest BCUT2D eigenvalue weighted by Crippen LogP contribution is -2.44. The molecule has 1 aromatic rings. The van der Waals surface area contributed by atoms with Crippen LogP contribution < -0.4 is 0 Å². The molecule has 1 aromatic heterocycles. The Kier molecular flexibility index (Phi) is 2.89. The SMILES string of the molecule is Cc1cccc(CN2C3CCC2CC(O)C3)n1. The number of aryl methyl sites for hydroxylation is 1. The van der Waals surface area contributed by atoms with Crippen LogP contribution >= 0.6 is 0 Å². The van der Waals surface area contributed by atoms with Gasteiger partial charge in [0.05, 0.1) is 11.8 Å². The summed E-state index contributed by atoms with van der Waals surface area (Å²) >= 11 is 0. The number of aliphatic hydroxyl groups is 1. The number of piperidine rings is 1. The third kappa shape index (κ3) is 2.22. The molecule has 0 amide bonds. The van der Waals surface area contributed by atoms with Gasteiger partial charge in [-0.1, -0.05) is 6.07 Å². The minimum atomic E-state index is -0.0748. The first-order chi connectivity index (χ1) is 8.22. The Labute approximate surface area is 102 Å². The van der Waals surface area contributed by atoms with Crippen LogP contribution in [-0.2, 0) is 6.54 Å². The number of hydrogen-bond donors (Lipinski definition) is 1. The molecular formula is C14H20N2O. The number of fused-ring (bicyclic) bond motifs is 2. The zero-order valence-electron chi connectivity index (χ0n) is 10.3. The summed E-state index contributed by atoms with van der Waals surface area (Å²) in [6.07, 6.45) is 4.31. The van der Waals surface area contributed by atoms with Gasteiger partial charge >= 0.3 is 0 Å². The highest BCUT2D eigenvalue weighted by Crippen LogP contribution is 2.36. The quantitative estimate of drug-likeness (QED) is 0.845. The summed E-state index contributed by atoms with van der Waals surface area (Å²) in [6.45, 7) is 2.99. The average Bonchev–Trinajstić information content (AvgIpc) is 2.54. The van der Waals surface area contributed by atoms with Crippen molar-refractivity contribution in [2.45, 2.75) is 57.3 Å². The van der Waals surface area contributed by atoms with E-state index < -0.39 is 0 Å². The first kappa shape index (κ1) is 11.2. The Hall–Kier alpha value is -0.930. The van der Waals surface area contributed by atoms with E-state index in [1.807, 2.05) is 13.0 Å². The Bertz CT molecular complexity index is 393. The van der Waals surface area contributed by atoms with Crippen LogP contribution in [0.3, 0.4) is 0 Å². The zero-order valence-corrected chi connectivity index (χ0v) is 10.3. The molecule has 3 nitrogen and oxygen atoms in total. The molecule has 2 atom stereocenters. The minimum Gasteiger partial charge on any atom is -0.393 e. The molecule has 2 unspecified atom stereocenters. The van der Waals surface area contributed by atoms with E-state index in [1.54, 1.807) is 0 Å². The van der Waals surface area contributed by atoms with Crippen molar-refractivity contribution in [3.05, 3.63) is 29.6 Å². The van der Waals surface area contributed by atoms with Crippen LogP contribution in [0.25, 0.3) is 0 Å². The molecule has 3 rings (SSSR count). The Morgan fingerprint density at radius 2 is 2.00 bits per heavy atom. The summed E-state index contributed by atoms with van der Waals surface area (Å²) in [5.74, 6) is 0. The molecule has 3 heteroatoms. The van der Waals surface area contributed by atoms with E-state index in [0.717, 1.165) is 25.1 Å². The van der Waals surface area contributed by atoms with E-state index in [4.69, 9.17) is 0 Å². The van der Waals surface area contributed by atoms with E-state index in [1.165, 1.54) is 18.5 Å². The second kappa shape index (κ2) is 4.39. The van der Waals surface area contributed by atoms with Crippen molar-refractivity contribution in [1.82, 2.24) is 9.88 Å². The van der Waals surface area contributed by atoms with Gasteiger partial charge in [0, 0.05) is 24.3 Å². The van der Waals surface area contributed by atoms with Crippen LogP contribution in [0.2, 0.25) is 0 Å². The van der Waals surface area contributed by atoms with Crippen molar-refractivity contribution in [3.63, 3.8) is 0 Å². The summed E-state index contributed by atoms with van der Waals surface area (Å²) in [5, 5.41) is 9.78. The van der Waals surface area contributed by atoms with Crippen molar-refractivity contribution in [2.24, 2.45) is 0 Å². The average molecular weight is 232 g/mol. The molecular weight excluding hydrogens is 212 g/mol. The Balaban J connectivity index is 1.74. The topological polar surface area (TPSA) is 36.4 Å². The van der Waals surface area contributed by atoms with Gasteiger partial charge in [-0.05, 0) is 44.7 Å². The van der Waals surface area contributed by atoms with Crippen LogP contribution in [0, 0.1) is 6.92 Å². The summed E-state index contributed by atoms with van der Waals surface area (Å²) < 4.78 is 0. The number of aliphatic hydroxyl groups excluding tert-OH is 1. The van der Waals surface area contributed by atoms with Crippen molar-refractivity contribution >= 4 is 0 Å². The van der Waals surface area contributed by atoms with Crippen molar-refractivity contribution in [2.75, 3.05) is 0 Å². The van der Waals surface area contributed by atoms with E-state index >= 15 is 0 Å². The molecule has 0 saturated carbocycles. The molecule has 2 aliphatic rings. The van der Waals surface area contributed by atoms with Gasteiger partial charge in [0.1, 0.15) is 0 Å². The maximum atomic E-state index is 9.78. The first-order valence-electron chi connectivity index (χ1n) is 6.59. The van der Waals surface area contributed by atoms with Gasteiger partial charge < -0.3 is 5.11 Å². The third-order valence-electron chi connectivity index (χ3n) is 4.15. The highest BCUT2D eigenvalue weighted by atomic mass is 16.3. The highest BCUT2D eigenvalue weighted by molar-refractivity contribution is 5.11. The molecule has 0 aliphatic carbocycles. The van der Waals surface area contributed by atoms with Gasteiger partial charge in [-0.25, -0.2) is 0 Å². The van der Waals surface area contributed by atoms with E-state index in [0.29, 0.717) is 12.1 Å². The van der Waals surface area contributed by atoms with Crippen molar-refractivity contribution in [1.29, 1.82) is 0 Å². The van der Waals surface area contributed by atoms with Gasteiger partial charge in [-0.2, -0.15) is 0 Å². The molecule has 0 aromatic carbocycles. The Morgan fingerprint density at radius 3 is 2.65 bits per heavy atom. The van der Waals surface area contributed by atoms with Gasteiger partial charge in [0.25, 0.3) is 0 Å². The van der Waals surface area contributed by atoms with Crippen LogP contribution in [0.1, 0.15) is 37.1 Å². The maximum absolute atomic E-state index is 9.78. The predicted octanol–water partition coefficient (Wildman–Crippen LogP) is 1.88. The smallest absolute Gasteiger partial charge is 0.0570 e. The fourth-order valence-corrected chi connectivity index (χ4v) is 3.38. The summed E-state index contributed by atoms with van der Waals surface area (Å²) in [5.41, 5.74) is 2.25. The molecule has 17 heavy (non-hydrogen) atoms. The standard InChI is InChI=1S/C14H20N2O/c1-10-3-2-4-11(15-10)9-16-12-5-6-13(16)8-14(17)7-12/h2-4,12-14,17H,5-9H2,1H3. The Morgan fingerprint density at radius 1 is 1.29 bits per heavy atom. The molecule has 0 radical (unpaired) electrons. The van der Waals surface area contributed by atoms with E-state index in [9.17, 15) is 5.11 Å². The lowest BCUT2D eigenvalue weighted by atomic mass is 10.00. The fraction of sp³-hybridized carbons (Fsp3) is 0.643. The van der Waals surface area contributed by atoms with Gasteiger partial charge in [0.2, 0.25) is 0 Å². The molecule has 2 aliphatic heterocycles. The first-order valence-corrected chi connectivity index (χ1v) is 6.59. The van der Waals surface area contributed by atoms with Crippen LogP contribution in [0.5, 0.6) is 0 Å². The minimum absolute atomic E-state index is 0.0748. The van der Waals surface area contributed by atoms with Gasteiger partial charge in [0.15, 0.2) is 0 Å². The van der Waals surface area contributed by atoms with E-state index in [2.05, 4.69) is 22.0 Å². The third-order valence-corrected chi connectivity index (χ3v) is 4.15. The number of rotatable bonds is 2. The molecule has 0 spiro atoms. The van der Waals surface area contributed by atoms with Crippen LogP contribution in [-0.4, -0.2) is 33.2 Å². The van der Waals surface area contributed by atoms with Crippen molar-refractivity contribution < 1.29 is 5.11 Å². The van der Waals surface area contributed by atoms with Crippen molar-refractivity contribution in [3.8, 4) is 0 Å². The molecule has 2 fully saturated rings. The number of aromatic nitrogens is 1. The maximum Gasteiger partial charge on any atom is 0.0570 e. The van der Waals surface area contributed by atoms with Gasteiger partial charge in [-0.3, -0.25) is 9.88 Å². The molecule has 2 saturated heterocycles. The summed E-state index contributed by atoms with van der Waals surface area (Å²) in [4.78, 5) is 7.13. The molecule has 92 valence electrons. The van der Waals surface area contributed by atoms with E-state index in [-0.39, 0.29) is 6.10 Å². The fourth-order valence-electron chi connectivity index (χ4n) is 3.38. The zero-order chi connectivity index (χ0) is 11.8. The predicted molar refractivity (Wildman–Crippen MR) is 66.6 cm³/mol. The van der Waals surface area contributed by atoms with Crippen LogP contribution in [0.4, 0.5) is 0 Å². The monoisotopic (exact) mass is 232 g/mol. The number of hydrogen-bond acceptors (Lipinski definition) is 3. The summed E-state index contributed by atoms with van der Waals surface area (Å²) in [7, 11) is 0. The summed E-state index contributed by atoms with van der Waals surface area (Å²) in [6, 6.07) is 7.38. The lowest BCUT2D eigenvalue weighted by Gasteiger charge is -2.36. The highest BCUT2D eigenvalue weighted by Gasteiger charge is 2.39. The van der Waals surface area contributed by atoms with Gasteiger partial charge in [-0.15, -0.1) is 0 Å². The molecule has 2 bridgehead atoms. The number of nitrogens with zero attached hydrogens (tertiary/aromatic N) is 2. The largest absolute Gasteiger partial charge is 0.393 e. The molecule has 1 N–H and O–H groups in total. The second-order valence-electron chi connectivity index (χ2n) is 5.45. The number of pyridine rings is 1. The lowest BCUT2D eigenvalue weighted by molar-refractivity contribution is 0.0303. The van der Waals surface area contributed by atoms with Crippen LogP contribution in [0.15, 0.2) is 18.2 Å². The molecule has 3 heterocycles.